The predicted molar refractivity (Wildman–Crippen MR) is 50.6 cm³/mol. The smallest absolute Gasteiger partial charge is 0.0998 e. The maximum absolute atomic E-state index is 5.60. The Balaban J connectivity index is 2.04. The fourth-order valence-electron chi connectivity index (χ4n) is 1.88. The molecular formula is C9H17N3O. The number of nitrogens with one attached hydrogen (secondary N) is 1. The summed E-state index contributed by atoms with van der Waals surface area (Å²) in [6, 6.07) is 0. The molecule has 0 saturated carbocycles. The highest BCUT2D eigenvalue weighted by Gasteiger charge is 2.23. The van der Waals surface area contributed by atoms with E-state index in [4.69, 9.17) is 4.74 Å². The molecule has 1 fully saturated rings. The summed E-state index contributed by atoms with van der Waals surface area (Å²) in [5.74, 6) is 0. The Labute approximate surface area is 79.1 Å². The van der Waals surface area contributed by atoms with Crippen molar-refractivity contribution in [2.45, 2.75) is 18.9 Å². The Kier molecular flexibility index (Phi) is 2.42. The summed E-state index contributed by atoms with van der Waals surface area (Å²) in [6.07, 6.45) is 4.73. The quantitative estimate of drug-likeness (QED) is 0.634. The van der Waals surface area contributed by atoms with Crippen molar-refractivity contribution in [2.75, 3.05) is 27.4 Å². The summed E-state index contributed by atoms with van der Waals surface area (Å²) >= 11 is 0. The van der Waals surface area contributed by atoms with Crippen molar-refractivity contribution in [3.63, 3.8) is 0 Å². The highest BCUT2D eigenvalue weighted by atomic mass is 16.5. The minimum absolute atomic E-state index is 0.283. The molecule has 0 aromatic rings. The number of ether oxygens (including phenoxy) is 1. The van der Waals surface area contributed by atoms with Gasteiger partial charge in [-0.25, -0.2) is 5.01 Å². The van der Waals surface area contributed by atoms with E-state index < -0.39 is 0 Å². The normalized spacial score (nSPS) is 30.2. The standard InChI is InChI=1S/C9H17N3O/c1-11-6-8(10-12(2)7-11)9-4-3-5-13-9/h6,9-10H,3-5,7H2,1-2H3. The molecule has 2 heterocycles. The molecule has 4 heteroatoms. The molecule has 0 amide bonds. The van der Waals surface area contributed by atoms with Gasteiger partial charge in [-0.15, -0.1) is 0 Å². The molecule has 4 nitrogen and oxygen atoms in total. The van der Waals surface area contributed by atoms with Gasteiger partial charge in [0.15, 0.2) is 0 Å². The van der Waals surface area contributed by atoms with Gasteiger partial charge >= 0.3 is 0 Å². The van der Waals surface area contributed by atoms with E-state index in [1.165, 1.54) is 12.1 Å². The zero-order valence-corrected chi connectivity index (χ0v) is 8.29. The summed E-state index contributed by atoms with van der Waals surface area (Å²) in [6.45, 7) is 1.81. The fraction of sp³-hybridized carbons (Fsp3) is 0.778. The molecular weight excluding hydrogens is 166 g/mol. The van der Waals surface area contributed by atoms with Gasteiger partial charge < -0.3 is 15.1 Å². The van der Waals surface area contributed by atoms with Crippen molar-refractivity contribution in [3.8, 4) is 0 Å². The van der Waals surface area contributed by atoms with Gasteiger partial charge in [-0.2, -0.15) is 0 Å². The van der Waals surface area contributed by atoms with Crippen LogP contribution in [0.2, 0.25) is 0 Å². The molecule has 1 N–H and O–H groups in total. The van der Waals surface area contributed by atoms with Gasteiger partial charge in [-0.1, -0.05) is 0 Å². The van der Waals surface area contributed by atoms with E-state index >= 15 is 0 Å². The van der Waals surface area contributed by atoms with E-state index in [-0.39, 0.29) is 6.10 Å². The van der Waals surface area contributed by atoms with Crippen LogP contribution in [0, 0.1) is 0 Å². The Morgan fingerprint density at radius 2 is 2.38 bits per heavy atom. The van der Waals surface area contributed by atoms with Crippen LogP contribution in [0.3, 0.4) is 0 Å². The van der Waals surface area contributed by atoms with Gasteiger partial charge in [-0.3, -0.25) is 0 Å². The van der Waals surface area contributed by atoms with Crippen molar-refractivity contribution < 1.29 is 4.74 Å². The van der Waals surface area contributed by atoms with Gasteiger partial charge in [0.2, 0.25) is 0 Å². The van der Waals surface area contributed by atoms with Gasteiger partial charge in [-0.05, 0) is 12.8 Å². The Bertz CT molecular complexity index is 211. The highest BCUT2D eigenvalue weighted by molar-refractivity contribution is 5.08. The van der Waals surface area contributed by atoms with Gasteiger partial charge in [0.1, 0.15) is 0 Å². The zero-order valence-electron chi connectivity index (χ0n) is 8.29. The molecule has 2 aliphatic rings. The second kappa shape index (κ2) is 3.55. The van der Waals surface area contributed by atoms with Crippen LogP contribution in [0.4, 0.5) is 0 Å². The van der Waals surface area contributed by atoms with E-state index in [0.29, 0.717) is 0 Å². The minimum atomic E-state index is 0.283. The summed E-state index contributed by atoms with van der Waals surface area (Å²) in [7, 11) is 4.12. The molecule has 1 saturated heterocycles. The minimum Gasteiger partial charge on any atom is -0.372 e. The lowest BCUT2D eigenvalue weighted by Crippen LogP contribution is -2.47. The van der Waals surface area contributed by atoms with E-state index in [1.54, 1.807) is 0 Å². The Morgan fingerprint density at radius 3 is 3.00 bits per heavy atom. The number of hydrazine groups is 1. The SMILES string of the molecule is CN1C=C(C2CCCO2)NN(C)C1. The van der Waals surface area contributed by atoms with Gasteiger partial charge in [0, 0.05) is 26.9 Å². The molecule has 1 atom stereocenters. The molecule has 0 spiro atoms. The molecule has 0 aromatic carbocycles. The Morgan fingerprint density at radius 1 is 1.54 bits per heavy atom. The largest absolute Gasteiger partial charge is 0.372 e. The van der Waals surface area contributed by atoms with Crippen molar-refractivity contribution in [2.24, 2.45) is 0 Å². The lowest BCUT2D eigenvalue weighted by Gasteiger charge is -2.33. The monoisotopic (exact) mass is 183 g/mol. The first-order valence-corrected chi connectivity index (χ1v) is 4.77. The zero-order chi connectivity index (χ0) is 9.26. The first-order valence-electron chi connectivity index (χ1n) is 4.77. The van der Waals surface area contributed by atoms with Crippen molar-refractivity contribution >= 4 is 0 Å². The van der Waals surface area contributed by atoms with Crippen LogP contribution in [-0.2, 0) is 4.74 Å². The van der Waals surface area contributed by atoms with Crippen LogP contribution < -0.4 is 5.43 Å². The van der Waals surface area contributed by atoms with Crippen LogP contribution in [-0.4, -0.2) is 43.4 Å². The lowest BCUT2D eigenvalue weighted by atomic mass is 10.2. The number of hydrogen-bond donors (Lipinski definition) is 1. The van der Waals surface area contributed by atoms with Gasteiger partial charge in [0.25, 0.3) is 0 Å². The first kappa shape index (κ1) is 8.84. The number of nitrogens with zero attached hydrogens (tertiary/aromatic N) is 2. The highest BCUT2D eigenvalue weighted by Crippen LogP contribution is 2.20. The summed E-state index contributed by atoms with van der Waals surface area (Å²) in [5.41, 5.74) is 4.51. The van der Waals surface area contributed by atoms with Crippen LogP contribution >= 0.6 is 0 Å². The molecule has 74 valence electrons. The van der Waals surface area contributed by atoms with Crippen molar-refractivity contribution in [1.29, 1.82) is 0 Å². The van der Waals surface area contributed by atoms with Gasteiger partial charge in [0.05, 0.1) is 18.5 Å². The van der Waals surface area contributed by atoms with E-state index in [1.807, 2.05) is 7.05 Å². The average Bonchev–Trinajstić information content (AvgIpc) is 2.53. The molecule has 2 rings (SSSR count). The topological polar surface area (TPSA) is 27.7 Å². The third-order valence-electron chi connectivity index (χ3n) is 2.39. The summed E-state index contributed by atoms with van der Waals surface area (Å²) in [4.78, 5) is 2.16. The van der Waals surface area contributed by atoms with E-state index in [9.17, 15) is 0 Å². The molecule has 0 bridgehead atoms. The maximum atomic E-state index is 5.60. The lowest BCUT2D eigenvalue weighted by molar-refractivity contribution is 0.0881. The molecule has 0 aliphatic carbocycles. The van der Waals surface area contributed by atoms with Crippen LogP contribution in [0.5, 0.6) is 0 Å². The molecule has 1 unspecified atom stereocenters. The van der Waals surface area contributed by atoms with E-state index in [2.05, 4.69) is 28.6 Å². The average molecular weight is 183 g/mol. The number of hydrogen-bond acceptors (Lipinski definition) is 4. The van der Waals surface area contributed by atoms with Crippen molar-refractivity contribution in [1.82, 2.24) is 15.3 Å². The van der Waals surface area contributed by atoms with Crippen LogP contribution in [0.25, 0.3) is 0 Å². The predicted octanol–water partition coefficient (Wildman–Crippen LogP) is 0.346. The van der Waals surface area contributed by atoms with Crippen LogP contribution in [0.1, 0.15) is 12.8 Å². The van der Waals surface area contributed by atoms with Crippen molar-refractivity contribution in [3.05, 3.63) is 11.9 Å². The molecule has 13 heavy (non-hydrogen) atoms. The second-order valence-electron chi connectivity index (χ2n) is 3.79. The summed E-state index contributed by atoms with van der Waals surface area (Å²) < 4.78 is 5.60. The molecule has 2 aliphatic heterocycles. The third-order valence-corrected chi connectivity index (χ3v) is 2.39. The molecule has 0 aromatic heterocycles. The maximum Gasteiger partial charge on any atom is 0.0998 e. The van der Waals surface area contributed by atoms with Crippen LogP contribution in [0.15, 0.2) is 11.9 Å². The Hall–Kier alpha value is -0.740. The first-order chi connectivity index (χ1) is 6.25. The van der Waals surface area contributed by atoms with E-state index in [0.717, 1.165) is 19.7 Å². The summed E-state index contributed by atoms with van der Waals surface area (Å²) in [5, 5.41) is 2.07. The number of rotatable bonds is 1. The third kappa shape index (κ3) is 1.95. The fourth-order valence-corrected chi connectivity index (χ4v) is 1.88. The second-order valence-corrected chi connectivity index (χ2v) is 3.79. The molecule has 0 radical (unpaired) electrons.